The third kappa shape index (κ3) is 7.13. The highest BCUT2D eigenvalue weighted by Gasteiger charge is 2.39. The number of amides is 3. The van der Waals surface area contributed by atoms with Gasteiger partial charge in [0.05, 0.1) is 6.42 Å². The van der Waals surface area contributed by atoms with Gasteiger partial charge in [-0.3, -0.25) is 14.4 Å². The van der Waals surface area contributed by atoms with E-state index in [0.29, 0.717) is 0 Å². The van der Waals surface area contributed by atoms with Crippen molar-refractivity contribution in [1.82, 2.24) is 25.9 Å². The summed E-state index contributed by atoms with van der Waals surface area (Å²) in [4.78, 5) is 59.4. The van der Waals surface area contributed by atoms with Crippen molar-refractivity contribution in [3.63, 3.8) is 0 Å². The number of benzene rings is 4. The van der Waals surface area contributed by atoms with Gasteiger partial charge in [-0.1, -0.05) is 109 Å². The molecule has 0 fully saturated rings. The van der Waals surface area contributed by atoms with Crippen LogP contribution in [0.15, 0.2) is 140 Å². The molecule has 2 heterocycles. The summed E-state index contributed by atoms with van der Waals surface area (Å²) in [5.74, 6) is -3.28. The van der Waals surface area contributed by atoms with E-state index >= 15 is 0 Å². The minimum absolute atomic E-state index is 0.0694. The van der Waals surface area contributed by atoms with Crippen LogP contribution in [0, 0.1) is 0 Å². The molecule has 2 aromatic heterocycles. The number of carboxylic acid groups (broad SMARTS) is 1. The number of nitrogens with one attached hydrogen (secondary N) is 5. The van der Waals surface area contributed by atoms with Crippen molar-refractivity contribution in [2.75, 3.05) is 0 Å². The Hall–Kier alpha value is -6.42. The fourth-order valence-electron chi connectivity index (χ4n) is 6.14. The van der Waals surface area contributed by atoms with Gasteiger partial charge in [-0.15, -0.1) is 0 Å². The molecule has 49 heavy (non-hydrogen) atoms. The summed E-state index contributed by atoms with van der Waals surface area (Å²) in [5.41, 5.74) is 2.98. The summed E-state index contributed by atoms with van der Waals surface area (Å²) in [6.07, 6.45) is 2.84. The summed E-state index contributed by atoms with van der Waals surface area (Å²) in [5, 5.41) is 19.5. The van der Waals surface area contributed by atoms with E-state index < -0.39 is 47.7 Å². The molecule has 3 amide bonds. The highest BCUT2D eigenvalue weighted by atomic mass is 16.4. The largest absolute Gasteiger partial charge is 0.480 e. The molecule has 6 N–H and O–H groups in total. The molecule has 0 radical (unpaired) electrons. The maximum Gasteiger partial charge on any atom is 0.326 e. The molecule has 2 atom stereocenters. The number of carbonyl (C=O) groups excluding carboxylic acids is 3. The lowest BCUT2D eigenvalue weighted by Gasteiger charge is -2.37. The first-order valence-corrected chi connectivity index (χ1v) is 15.8. The van der Waals surface area contributed by atoms with E-state index in [-0.39, 0.29) is 12.1 Å². The summed E-state index contributed by atoms with van der Waals surface area (Å²) in [6, 6.07) is 36.3. The molecule has 6 aromatic rings. The Morgan fingerprint density at radius 2 is 1.22 bits per heavy atom. The van der Waals surface area contributed by atoms with Crippen LogP contribution in [0.2, 0.25) is 0 Å². The molecule has 0 aliphatic carbocycles. The fourth-order valence-corrected chi connectivity index (χ4v) is 6.14. The number of H-pyrrole nitrogens is 2. The van der Waals surface area contributed by atoms with Crippen LogP contribution in [0.4, 0.5) is 0 Å². The van der Waals surface area contributed by atoms with Gasteiger partial charge in [0.2, 0.25) is 11.8 Å². The van der Waals surface area contributed by atoms with Crippen molar-refractivity contribution < 1.29 is 24.3 Å². The highest BCUT2D eigenvalue weighted by Crippen LogP contribution is 2.37. The topological polar surface area (TPSA) is 156 Å². The number of rotatable bonds is 13. The zero-order valence-corrected chi connectivity index (χ0v) is 26.4. The number of aliphatic carboxylic acids is 1. The summed E-state index contributed by atoms with van der Waals surface area (Å²) < 4.78 is 0. The Morgan fingerprint density at radius 3 is 1.78 bits per heavy atom. The predicted molar refractivity (Wildman–Crippen MR) is 186 cm³/mol. The average molecular weight is 654 g/mol. The molecule has 0 aliphatic rings. The van der Waals surface area contributed by atoms with Gasteiger partial charge in [-0.25, -0.2) is 4.79 Å². The molecule has 0 unspecified atom stereocenters. The van der Waals surface area contributed by atoms with Gasteiger partial charge in [-0.05, 0) is 40.5 Å². The van der Waals surface area contributed by atoms with Gasteiger partial charge in [-0.2, -0.15) is 0 Å². The minimum Gasteiger partial charge on any atom is -0.480 e. The van der Waals surface area contributed by atoms with Gasteiger partial charge < -0.3 is 31.0 Å². The normalized spacial score (nSPS) is 12.5. The van der Waals surface area contributed by atoms with Crippen molar-refractivity contribution in [3.05, 3.63) is 168 Å². The fraction of sp³-hybridized carbons (Fsp3) is 0.128. The molecule has 0 saturated carbocycles. The van der Waals surface area contributed by atoms with E-state index in [1.54, 1.807) is 24.5 Å². The lowest BCUT2D eigenvalue weighted by atomic mass is 9.77. The first-order valence-electron chi connectivity index (χ1n) is 15.8. The summed E-state index contributed by atoms with van der Waals surface area (Å²) >= 11 is 0. The van der Waals surface area contributed by atoms with Crippen LogP contribution < -0.4 is 16.0 Å². The maximum atomic E-state index is 14.0. The maximum absolute atomic E-state index is 14.0. The molecular formula is C39H35N5O5. The van der Waals surface area contributed by atoms with E-state index in [4.69, 9.17) is 0 Å². The molecular weight excluding hydrogens is 618 g/mol. The Bertz CT molecular complexity index is 1950. The SMILES string of the molecule is O=C(C[C@H](NC(=O)[C@H](Cc1c[nH]c2ccccc12)NC(=O)c1ccc[nH]1)C(=O)O)NC(c1ccccc1)(c1ccccc1)c1ccccc1. The van der Waals surface area contributed by atoms with E-state index in [1.807, 2.05) is 115 Å². The molecule has 10 heteroatoms. The van der Waals surface area contributed by atoms with E-state index in [9.17, 15) is 24.3 Å². The Balaban J connectivity index is 1.28. The standard InChI is InChI=1S/C39H35N5O5/c45-35(44-39(27-13-4-1-5-14-27,28-15-6-2-7-16-28)29-17-8-3-9-18-29)24-34(38(48)49)43-37(47)33(42-36(46)32-21-12-22-40-32)23-26-25-41-31-20-11-10-19-30(26)31/h1-22,25,33-34,40-41H,23-24H2,(H,42,46)(H,43,47)(H,44,45)(H,48,49)/t33-,34-/m0/s1. The number of para-hydroxylation sites is 1. The molecule has 4 aromatic carbocycles. The van der Waals surface area contributed by atoms with E-state index in [1.165, 1.54) is 0 Å². The predicted octanol–water partition coefficient (Wildman–Crippen LogP) is 4.90. The van der Waals surface area contributed by atoms with Gasteiger partial charge in [0.15, 0.2) is 0 Å². The lowest BCUT2D eigenvalue weighted by Crippen LogP contribution is -2.54. The van der Waals surface area contributed by atoms with Crippen LogP contribution in [0.3, 0.4) is 0 Å². The number of aromatic nitrogens is 2. The molecule has 246 valence electrons. The van der Waals surface area contributed by atoms with Crippen LogP contribution in [0.5, 0.6) is 0 Å². The first-order chi connectivity index (χ1) is 23.8. The summed E-state index contributed by atoms with van der Waals surface area (Å²) in [6.45, 7) is 0. The van der Waals surface area contributed by atoms with Crippen molar-refractivity contribution >= 4 is 34.6 Å². The zero-order valence-electron chi connectivity index (χ0n) is 26.4. The molecule has 0 saturated heterocycles. The molecule has 0 aliphatic heterocycles. The number of carboxylic acids is 1. The van der Waals surface area contributed by atoms with Crippen molar-refractivity contribution in [2.45, 2.75) is 30.5 Å². The Labute approximate surface area is 282 Å². The van der Waals surface area contributed by atoms with Crippen molar-refractivity contribution in [2.24, 2.45) is 0 Å². The second-order valence-corrected chi connectivity index (χ2v) is 11.7. The van der Waals surface area contributed by atoms with Gasteiger partial charge >= 0.3 is 5.97 Å². The van der Waals surface area contributed by atoms with E-state index in [2.05, 4.69) is 25.9 Å². The third-order valence-electron chi connectivity index (χ3n) is 8.51. The van der Waals surface area contributed by atoms with Crippen LogP contribution in [-0.2, 0) is 26.3 Å². The monoisotopic (exact) mass is 653 g/mol. The minimum atomic E-state index is -1.60. The van der Waals surface area contributed by atoms with Crippen molar-refractivity contribution in [3.8, 4) is 0 Å². The Morgan fingerprint density at radius 1 is 0.653 bits per heavy atom. The molecule has 0 spiro atoms. The van der Waals surface area contributed by atoms with Crippen molar-refractivity contribution in [1.29, 1.82) is 0 Å². The Kier molecular flexibility index (Phi) is 9.66. The van der Waals surface area contributed by atoms with Gasteiger partial charge in [0, 0.05) is 29.7 Å². The first kappa shape index (κ1) is 32.5. The number of aromatic amines is 2. The van der Waals surface area contributed by atoms with Gasteiger partial charge in [0.25, 0.3) is 5.91 Å². The smallest absolute Gasteiger partial charge is 0.326 e. The highest BCUT2D eigenvalue weighted by molar-refractivity contribution is 5.98. The second-order valence-electron chi connectivity index (χ2n) is 11.7. The lowest BCUT2D eigenvalue weighted by molar-refractivity contribution is -0.144. The molecule has 6 rings (SSSR count). The average Bonchev–Trinajstić information content (AvgIpc) is 3.82. The third-order valence-corrected chi connectivity index (χ3v) is 8.51. The van der Waals surface area contributed by atoms with Crippen LogP contribution in [0.25, 0.3) is 10.9 Å². The molecule has 10 nitrogen and oxygen atoms in total. The number of fused-ring (bicyclic) bond motifs is 1. The quantitative estimate of drug-likeness (QED) is 0.0978. The second kappa shape index (κ2) is 14.6. The zero-order chi connectivity index (χ0) is 34.2. The van der Waals surface area contributed by atoms with Gasteiger partial charge in [0.1, 0.15) is 23.3 Å². The van der Waals surface area contributed by atoms with E-state index in [0.717, 1.165) is 33.2 Å². The summed E-state index contributed by atoms with van der Waals surface area (Å²) in [7, 11) is 0. The molecule has 0 bridgehead atoms. The number of hydrogen-bond acceptors (Lipinski definition) is 4. The van der Waals surface area contributed by atoms with Crippen LogP contribution in [0.1, 0.15) is 39.2 Å². The number of carbonyl (C=O) groups is 4. The van der Waals surface area contributed by atoms with Crippen LogP contribution in [-0.4, -0.2) is 50.8 Å². The number of hydrogen-bond donors (Lipinski definition) is 6. The van der Waals surface area contributed by atoms with Crippen LogP contribution >= 0.6 is 0 Å².